The Morgan fingerprint density at radius 1 is 1.42 bits per heavy atom. The summed E-state index contributed by atoms with van der Waals surface area (Å²) in [4.78, 5) is 25.9. The number of amides is 3. The third-order valence-corrected chi connectivity index (χ3v) is 2.38. The highest BCUT2D eigenvalue weighted by molar-refractivity contribution is 6.04. The molecule has 0 aromatic rings. The average molecular weight is 169 g/mol. The van der Waals surface area contributed by atoms with Crippen LogP contribution in [0.15, 0.2) is 0 Å². The Labute approximate surface area is 70.3 Å². The molecule has 0 saturated carbocycles. The number of piperazine rings is 1. The van der Waals surface area contributed by atoms with Gasteiger partial charge in [0.05, 0.1) is 0 Å². The van der Waals surface area contributed by atoms with E-state index in [1.807, 2.05) is 7.05 Å². The number of urea groups is 1. The molecular formula is C7H11N3O2. The van der Waals surface area contributed by atoms with E-state index < -0.39 is 0 Å². The monoisotopic (exact) mass is 169 g/mol. The second-order valence-corrected chi connectivity index (χ2v) is 3.27. The summed E-state index contributed by atoms with van der Waals surface area (Å²) >= 11 is 0. The smallest absolute Gasteiger partial charge is 0.310 e. The first-order chi connectivity index (χ1) is 5.68. The molecule has 12 heavy (non-hydrogen) atoms. The number of hydrogen-bond donors (Lipinski definition) is 1. The van der Waals surface area contributed by atoms with E-state index in [2.05, 4.69) is 10.2 Å². The number of imide groups is 1. The minimum absolute atomic E-state index is 0.161. The Balaban J connectivity index is 2.17. The van der Waals surface area contributed by atoms with Gasteiger partial charge < -0.3 is 9.80 Å². The van der Waals surface area contributed by atoms with Crippen molar-refractivity contribution in [2.24, 2.45) is 0 Å². The van der Waals surface area contributed by atoms with Gasteiger partial charge in [-0.25, -0.2) is 4.79 Å². The molecule has 0 aliphatic carbocycles. The maximum Gasteiger partial charge on any atom is 0.324 e. The molecule has 0 radical (unpaired) electrons. The van der Waals surface area contributed by atoms with Gasteiger partial charge in [0.2, 0.25) is 0 Å². The van der Waals surface area contributed by atoms with Crippen LogP contribution in [0, 0.1) is 0 Å². The van der Waals surface area contributed by atoms with Crippen LogP contribution < -0.4 is 5.32 Å². The Kier molecular flexibility index (Phi) is 1.54. The van der Waals surface area contributed by atoms with E-state index in [-0.39, 0.29) is 18.0 Å². The molecule has 0 spiro atoms. The third-order valence-electron chi connectivity index (χ3n) is 2.38. The van der Waals surface area contributed by atoms with Crippen molar-refractivity contribution in [2.45, 2.75) is 6.04 Å². The van der Waals surface area contributed by atoms with Crippen LogP contribution in [-0.2, 0) is 4.79 Å². The lowest BCUT2D eigenvalue weighted by molar-refractivity contribution is -0.122. The number of nitrogens with one attached hydrogen (secondary N) is 1. The highest BCUT2D eigenvalue weighted by Gasteiger charge is 2.40. The van der Waals surface area contributed by atoms with Crippen molar-refractivity contribution in [1.82, 2.24) is 15.1 Å². The van der Waals surface area contributed by atoms with Gasteiger partial charge in [-0.05, 0) is 7.05 Å². The van der Waals surface area contributed by atoms with Crippen molar-refractivity contribution < 1.29 is 9.59 Å². The van der Waals surface area contributed by atoms with Gasteiger partial charge in [0.1, 0.15) is 6.04 Å². The molecule has 2 fully saturated rings. The molecular weight excluding hydrogens is 158 g/mol. The van der Waals surface area contributed by atoms with Gasteiger partial charge in [-0.15, -0.1) is 0 Å². The van der Waals surface area contributed by atoms with Crippen LogP contribution in [0.1, 0.15) is 0 Å². The average Bonchev–Trinajstić information content (AvgIpc) is 2.28. The van der Waals surface area contributed by atoms with E-state index in [0.29, 0.717) is 13.1 Å². The van der Waals surface area contributed by atoms with Crippen molar-refractivity contribution in [1.29, 1.82) is 0 Å². The van der Waals surface area contributed by atoms with Gasteiger partial charge in [0, 0.05) is 19.6 Å². The quantitative estimate of drug-likeness (QED) is 0.466. The third kappa shape index (κ3) is 0.972. The van der Waals surface area contributed by atoms with Crippen LogP contribution in [0.3, 0.4) is 0 Å². The molecule has 5 nitrogen and oxygen atoms in total. The van der Waals surface area contributed by atoms with Crippen LogP contribution in [0.5, 0.6) is 0 Å². The first kappa shape index (κ1) is 7.54. The molecule has 3 amide bonds. The summed E-state index contributed by atoms with van der Waals surface area (Å²) in [5.41, 5.74) is 0. The normalized spacial score (nSPS) is 30.4. The molecule has 2 aliphatic heterocycles. The largest absolute Gasteiger partial charge is 0.324 e. The summed E-state index contributed by atoms with van der Waals surface area (Å²) in [6, 6.07) is -0.491. The van der Waals surface area contributed by atoms with Gasteiger partial charge in [0.25, 0.3) is 5.91 Å². The fraction of sp³-hybridized carbons (Fsp3) is 0.714. The summed E-state index contributed by atoms with van der Waals surface area (Å²) in [5.74, 6) is -0.161. The minimum atomic E-state index is -0.253. The van der Waals surface area contributed by atoms with Crippen LogP contribution in [-0.4, -0.2) is 54.5 Å². The molecule has 66 valence electrons. The molecule has 1 atom stereocenters. The van der Waals surface area contributed by atoms with Crippen molar-refractivity contribution in [3.63, 3.8) is 0 Å². The molecule has 2 aliphatic rings. The second kappa shape index (κ2) is 2.45. The topological polar surface area (TPSA) is 52.6 Å². The first-order valence-corrected chi connectivity index (χ1v) is 3.98. The zero-order valence-corrected chi connectivity index (χ0v) is 6.91. The number of rotatable bonds is 0. The molecule has 5 heteroatoms. The second-order valence-electron chi connectivity index (χ2n) is 3.27. The van der Waals surface area contributed by atoms with E-state index in [0.717, 1.165) is 6.54 Å². The number of fused-ring (bicyclic) bond motifs is 1. The highest BCUT2D eigenvalue weighted by atomic mass is 16.2. The fourth-order valence-electron chi connectivity index (χ4n) is 1.65. The summed E-state index contributed by atoms with van der Waals surface area (Å²) in [5, 5.41) is 2.30. The van der Waals surface area contributed by atoms with Gasteiger partial charge in [-0.1, -0.05) is 0 Å². The molecule has 2 rings (SSSR count). The van der Waals surface area contributed by atoms with Gasteiger partial charge in [-0.2, -0.15) is 0 Å². The first-order valence-electron chi connectivity index (χ1n) is 3.98. The predicted octanol–water partition coefficient (Wildman–Crippen LogP) is -1.15. The van der Waals surface area contributed by atoms with E-state index in [1.54, 1.807) is 4.90 Å². The molecule has 0 unspecified atom stereocenters. The Morgan fingerprint density at radius 3 is 2.92 bits per heavy atom. The summed E-state index contributed by atoms with van der Waals surface area (Å²) in [6.07, 6.45) is 0. The lowest BCUT2D eigenvalue weighted by Gasteiger charge is -2.32. The van der Waals surface area contributed by atoms with Crippen molar-refractivity contribution in [3.8, 4) is 0 Å². The van der Waals surface area contributed by atoms with Crippen molar-refractivity contribution in [2.75, 3.05) is 26.7 Å². The molecule has 0 aromatic carbocycles. The Bertz CT molecular complexity index is 241. The number of nitrogens with zero attached hydrogens (tertiary/aromatic N) is 2. The van der Waals surface area contributed by atoms with Crippen LogP contribution in [0.2, 0.25) is 0 Å². The lowest BCUT2D eigenvalue weighted by Crippen LogP contribution is -2.51. The van der Waals surface area contributed by atoms with Gasteiger partial charge in [0.15, 0.2) is 0 Å². The number of carbonyl (C=O) groups is 2. The Hall–Kier alpha value is -1.10. The minimum Gasteiger partial charge on any atom is -0.310 e. The zero-order chi connectivity index (χ0) is 8.72. The number of likely N-dealkylation sites (N-methyl/N-ethyl adjacent to an activating group) is 1. The molecule has 1 N–H and O–H groups in total. The van der Waals surface area contributed by atoms with Crippen molar-refractivity contribution in [3.05, 3.63) is 0 Å². The lowest BCUT2D eigenvalue weighted by atomic mass is 10.2. The van der Waals surface area contributed by atoms with Crippen LogP contribution >= 0.6 is 0 Å². The van der Waals surface area contributed by atoms with Gasteiger partial charge in [-0.3, -0.25) is 10.1 Å². The van der Waals surface area contributed by atoms with Crippen molar-refractivity contribution >= 4 is 11.9 Å². The summed E-state index contributed by atoms with van der Waals surface area (Å²) < 4.78 is 0. The predicted molar refractivity (Wildman–Crippen MR) is 41.5 cm³/mol. The van der Waals surface area contributed by atoms with E-state index in [9.17, 15) is 9.59 Å². The molecule has 0 bridgehead atoms. The number of hydrogen-bond acceptors (Lipinski definition) is 3. The Morgan fingerprint density at radius 2 is 2.17 bits per heavy atom. The summed E-state index contributed by atoms with van der Waals surface area (Å²) in [6.45, 7) is 2.15. The zero-order valence-electron chi connectivity index (χ0n) is 6.91. The SMILES string of the molecule is CN1CCN2C(=O)NC(=O)[C@H]2C1. The van der Waals surface area contributed by atoms with E-state index in [1.165, 1.54) is 0 Å². The fourth-order valence-corrected chi connectivity index (χ4v) is 1.65. The van der Waals surface area contributed by atoms with Crippen LogP contribution in [0.25, 0.3) is 0 Å². The van der Waals surface area contributed by atoms with Gasteiger partial charge >= 0.3 is 6.03 Å². The van der Waals surface area contributed by atoms with E-state index in [4.69, 9.17) is 0 Å². The van der Waals surface area contributed by atoms with E-state index >= 15 is 0 Å². The maximum atomic E-state index is 11.2. The molecule has 0 aromatic heterocycles. The molecule has 2 heterocycles. The van der Waals surface area contributed by atoms with Crippen LogP contribution in [0.4, 0.5) is 4.79 Å². The highest BCUT2D eigenvalue weighted by Crippen LogP contribution is 2.13. The number of carbonyl (C=O) groups excluding carboxylic acids is 2. The summed E-state index contributed by atoms with van der Waals surface area (Å²) in [7, 11) is 1.95. The standard InChI is InChI=1S/C7H11N3O2/c1-9-2-3-10-5(4-9)6(11)8-7(10)12/h5H,2-4H2,1H3,(H,8,11,12)/t5-/m1/s1. The maximum absolute atomic E-state index is 11.2. The molecule has 2 saturated heterocycles.